The van der Waals surface area contributed by atoms with E-state index in [2.05, 4.69) is 21.0 Å². The van der Waals surface area contributed by atoms with Gasteiger partial charge in [0.1, 0.15) is 12.4 Å². The molecule has 0 unspecified atom stereocenters. The van der Waals surface area contributed by atoms with Crippen LogP contribution in [0.25, 0.3) is 11.3 Å². The van der Waals surface area contributed by atoms with E-state index in [1.807, 2.05) is 24.3 Å². The van der Waals surface area contributed by atoms with Gasteiger partial charge >= 0.3 is 0 Å². The predicted octanol–water partition coefficient (Wildman–Crippen LogP) is 3.69. The number of hydrogen-bond acceptors (Lipinski definition) is 3. The number of benzene rings is 2. The summed E-state index contributed by atoms with van der Waals surface area (Å²) in [6.45, 7) is -0.202. The summed E-state index contributed by atoms with van der Waals surface area (Å²) in [7, 11) is 0. The Morgan fingerprint density at radius 2 is 1.83 bits per heavy atom. The van der Waals surface area contributed by atoms with Gasteiger partial charge in [0, 0.05) is 21.7 Å². The fourth-order valence-corrected chi connectivity index (χ4v) is 2.63. The van der Waals surface area contributed by atoms with Crippen molar-refractivity contribution in [2.24, 2.45) is 0 Å². The number of carbonyl (C=O) groups is 1. The zero-order chi connectivity index (χ0) is 17.1. The van der Waals surface area contributed by atoms with Crippen molar-refractivity contribution in [3.8, 4) is 11.3 Å². The molecule has 0 aliphatic heterocycles. The van der Waals surface area contributed by atoms with Crippen molar-refractivity contribution >= 4 is 21.7 Å². The third-order valence-electron chi connectivity index (χ3n) is 3.45. The highest BCUT2D eigenvalue weighted by Crippen LogP contribution is 2.20. The van der Waals surface area contributed by atoms with Gasteiger partial charge in [-0.2, -0.15) is 5.10 Å². The summed E-state index contributed by atoms with van der Waals surface area (Å²) in [4.78, 5) is 24.2. The van der Waals surface area contributed by atoms with Gasteiger partial charge in [-0.1, -0.05) is 28.1 Å². The lowest BCUT2D eigenvalue weighted by Gasteiger charge is -2.07. The number of aromatic nitrogens is 2. The topological polar surface area (TPSA) is 52.0 Å². The van der Waals surface area contributed by atoms with Gasteiger partial charge in [0.2, 0.25) is 0 Å². The number of nitrogens with zero attached hydrogens (tertiary/aromatic N) is 2. The third-order valence-corrected chi connectivity index (χ3v) is 3.94. The Balaban J connectivity index is 1.91. The zero-order valence-electron chi connectivity index (χ0n) is 12.4. The summed E-state index contributed by atoms with van der Waals surface area (Å²) in [5.74, 6) is -0.727. The van der Waals surface area contributed by atoms with Crippen molar-refractivity contribution in [1.82, 2.24) is 9.78 Å². The van der Waals surface area contributed by atoms with Crippen LogP contribution in [0.5, 0.6) is 0 Å². The molecule has 2 aromatic carbocycles. The molecule has 0 bridgehead atoms. The van der Waals surface area contributed by atoms with Crippen molar-refractivity contribution in [1.29, 1.82) is 0 Å². The highest BCUT2D eigenvalue weighted by atomic mass is 79.9. The molecule has 0 radical (unpaired) electrons. The Kier molecular flexibility index (Phi) is 4.66. The number of halogens is 2. The molecule has 24 heavy (non-hydrogen) atoms. The average Bonchev–Trinajstić information content (AvgIpc) is 2.57. The summed E-state index contributed by atoms with van der Waals surface area (Å²) in [6, 6.07) is 15.7. The van der Waals surface area contributed by atoms with Crippen LogP contribution in [0, 0.1) is 5.82 Å². The minimum Gasteiger partial charge on any atom is -0.292 e. The maximum Gasteiger partial charge on any atom is 0.267 e. The lowest BCUT2D eigenvalue weighted by atomic mass is 10.1. The lowest BCUT2D eigenvalue weighted by molar-refractivity contribution is 0.0966. The molecule has 0 N–H and O–H groups in total. The van der Waals surface area contributed by atoms with Crippen LogP contribution in [0.1, 0.15) is 10.4 Å². The summed E-state index contributed by atoms with van der Waals surface area (Å²) in [6.07, 6.45) is 0. The van der Waals surface area contributed by atoms with E-state index < -0.39 is 5.82 Å². The van der Waals surface area contributed by atoms with E-state index in [0.29, 0.717) is 11.3 Å². The fraction of sp³-hybridized carbons (Fsp3) is 0.0556. The number of Topliss-reactive ketones (excluding diaryl/α,β-unsaturated/α-hetero) is 1. The molecular formula is C18H12BrFN2O2. The standard InChI is InChI=1S/C18H12BrFN2O2/c19-14-3-1-2-13(10-14)16-8-9-18(24)22(21-16)11-17(23)12-4-6-15(20)7-5-12/h1-10H,11H2. The first-order valence-electron chi connectivity index (χ1n) is 7.16. The molecule has 0 atom stereocenters. The molecule has 0 fully saturated rings. The van der Waals surface area contributed by atoms with Gasteiger partial charge in [-0.05, 0) is 42.5 Å². The zero-order valence-corrected chi connectivity index (χ0v) is 14.0. The second-order valence-corrected chi connectivity index (χ2v) is 6.07. The molecule has 0 saturated carbocycles. The van der Waals surface area contributed by atoms with Crippen molar-refractivity contribution in [3.05, 3.63) is 86.9 Å². The molecular weight excluding hydrogens is 375 g/mol. The van der Waals surface area contributed by atoms with Crippen LogP contribution in [0.2, 0.25) is 0 Å². The van der Waals surface area contributed by atoms with E-state index in [1.54, 1.807) is 6.07 Å². The molecule has 0 spiro atoms. The Bertz CT molecular complexity index is 952. The van der Waals surface area contributed by atoms with Gasteiger partial charge in [0.25, 0.3) is 5.56 Å². The first-order valence-corrected chi connectivity index (χ1v) is 7.95. The Labute approximate surface area is 145 Å². The van der Waals surface area contributed by atoms with Crippen LogP contribution >= 0.6 is 15.9 Å². The number of rotatable bonds is 4. The van der Waals surface area contributed by atoms with Crippen molar-refractivity contribution < 1.29 is 9.18 Å². The van der Waals surface area contributed by atoms with Crippen LogP contribution in [-0.2, 0) is 6.54 Å². The van der Waals surface area contributed by atoms with Crippen LogP contribution in [0.4, 0.5) is 4.39 Å². The first-order chi connectivity index (χ1) is 11.5. The predicted molar refractivity (Wildman–Crippen MR) is 92.4 cm³/mol. The maximum absolute atomic E-state index is 12.9. The van der Waals surface area contributed by atoms with E-state index in [1.165, 1.54) is 30.3 Å². The molecule has 6 heteroatoms. The van der Waals surface area contributed by atoms with Gasteiger partial charge in [0.15, 0.2) is 5.78 Å². The second kappa shape index (κ2) is 6.88. The fourth-order valence-electron chi connectivity index (χ4n) is 2.23. The summed E-state index contributed by atoms with van der Waals surface area (Å²) in [5, 5.41) is 4.26. The number of ketones is 1. The Morgan fingerprint density at radius 1 is 1.08 bits per heavy atom. The molecule has 3 rings (SSSR count). The summed E-state index contributed by atoms with van der Waals surface area (Å²) in [5.41, 5.74) is 1.37. The van der Waals surface area contributed by atoms with E-state index in [0.717, 1.165) is 14.7 Å². The van der Waals surface area contributed by atoms with E-state index in [9.17, 15) is 14.0 Å². The first kappa shape index (κ1) is 16.3. The third kappa shape index (κ3) is 3.65. The number of hydrogen-bond donors (Lipinski definition) is 0. The van der Waals surface area contributed by atoms with Gasteiger partial charge in [-0.15, -0.1) is 0 Å². The molecule has 4 nitrogen and oxygen atoms in total. The smallest absolute Gasteiger partial charge is 0.267 e. The Morgan fingerprint density at radius 3 is 2.54 bits per heavy atom. The highest BCUT2D eigenvalue weighted by molar-refractivity contribution is 9.10. The van der Waals surface area contributed by atoms with Gasteiger partial charge in [-0.25, -0.2) is 9.07 Å². The minimum atomic E-state index is -0.418. The summed E-state index contributed by atoms with van der Waals surface area (Å²) >= 11 is 3.39. The van der Waals surface area contributed by atoms with Gasteiger partial charge < -0.3 is 0 Å². The molecule has 0 aliphatic carbocycles. The SMILES string of the molecule is O=C(Cn1nc(-c2cccc(Br)c2)ccc1=O)c1ccc(F)cc1. The molecule has 3 aromatic rings. The Hall–Kier alpha value is -2.60. The molecule has 1 aromatic heterocycles. The van der Waals surface area contributed by atoms with E-state index in [-0.39, 0.29) is 17.9 Å². The van der Waals surface area contributed by atoms with Crippen LogP contribution < -0.4 is 5.56 Å². The minimum absolute atomic E-state index is 0.202. The monoisotopic (exact) mass is 386 g/mol. The quantitative estimate of drug-likeness (QED) is 0.642. The van der Waals surface area contributed by atoms with Crippen molar-refractivity contribution in [2.75, 3.05) is 0 Å². The number of carbonyl (C=O) groups excluding carboxylic acids is 1. The van der Waals surface area contributed by atoms with Crippen molar-refractivity contribution in [3.63, 3.8) is 0 Å². The summed E-state index contributed by atoms with van der Waals surface area (Å²) < 4.78 is 14.9. The van der Waals surface area contributed by atoms with Crippen LogP contribution in [0.3, 0.4) is 0 Å². The van der Waals surface area contributed by atoms with Crippen LogP contribution in [0.15, 0.2) is 69.9 Å². The molecule has 0 amide bonds. The molecule has 0 saturated heterocycles. The van der Waals surface area contributed by atoms with Crippen molar-refractivity contribution in [2.45, 2.75) is 6.54 Å². The van der Waals surface area contributed by atoms with E-state index >= 15 is 0 Å². The molecule has 1 heterocycles. The normalized spacial score (nSPS) is 10.6. The molecule has 0 aliphatic rings. The van der Waals surface area contributed by atoms with E-state index in [4.69, 9.17) is 0 Å². The molecule has 120 valence electrons. The second-order valence-electron chi connectivity index (χ2n) is 5.15. The van der Waals surface area contributed by atoms with Crippen LogP contribution in [-0.4, -0.2) is 15.6 Å². The van der Waals surface area contributed by atoms with Gasteiger partial charge in [0.05, 0.1) is 5.69 Å². The largest absolute Gasteiger partial charge is 0.292 e. The lowest BCUT2D eigenvalue weighted by Crippen LogP contribution is -2.26. The average molecular weight is 387 g/mol. The maximum atomic E-state index is 12.9. The van der Waals surface area contributed by atoms with Gasteiger partial charge in [-0.3, -0.25) is 9.59 Å². The highest BCUT2D eigenvalue weighted by Gasteiger charge is 2.10.